The lowest BCUT2D eigenvalue weighted by Crippen LogP contribution is -2.22. The van der Waals surface area contributed by atoms with Crippen LogP contribution in [0.2, 0.25) is 0 Å². The number of ether oxygens (including phenoxy) is 1. The highest BCUT2D eigenvalue weighted by Crippen LogP contribution is 2.33. The number of rotatable bonds is 4. The average Bonchev–Trinajstić information content (AvgIpc) is 2.97. The second-order valence-corrected chi connectivity index (χ2v) is 5.53. The first-order valence-electron chi connectivity index (χ1n) is 7.39. The Morgan fingerprint density at radius 2 is 1.81 bits per heavy atom. The van der Waals surface area contributed by atoms with Crippen molar-refractivity contribution in [1.29, 1.82) is 0 Å². The monoisotopic (exact) mass is 285 g/mol. The predicted molar refractivity (Wildman–Crippen MR) is 81.8 cm³/mol. The van der Waals surface area contributed by atoms with Crippen LogP contribution < -0.4 is 4.74 Å². The van der Waals surface area contributed by atoms with E-state index in [2.05, 4.69) is 17.0 Å². The van der Waals surface area contributed by atoms with Crippen molar-refractivity contribution in [3.8, 4) is 5.75 Å². The van der Waals surface area contributed by atoms with Crippen LogP contribution in [0.3, 0.4) is 0 Å². The molecule has 0 aromatic heterocycles. The molecule has 3 heteroatoms. The van der Waals surface area contributed by atoms with Gasteiger partial charge in [0.05, 0.1) is 7.11 Å². The molecule has 110 valence electrons. The number of likely N-dealkylation sites (tertiary alicyclic amines) is 1. The maximum absolute atomic E-state index is 13.1. The van der Waals surface area contributed by atoms with E-state index in [9.17, 15) is 4.39 Å². The van der Waals surface area contributed by atoms with Gasteiger partial charge in [-0.1, -0.05) is 24.3 Å². The Morgan fingerprint density at radius 1 is 1.10 bits per heavy atom. The van der Waals surface area contributed by atoms with Crippen LogP contribution in [-0.2, 0) is 6.54 Å². The van der Waals surface area contributed by atoms with Crippen molar-refractivity contribution in [2.24, 2.45) is 0 Å². The number of halogens is 1. The number of hydrogen-bond donors (Lipinski definition) is 0. The summed E-state index contributed by atoms with van der Waals surface area (Å²) in [5.74, 6) is 0.716. The molecule has 2 nitrogen and oxygen atoms in total. The summed E-state index contributed by atoms with van der Waals surface area (Å²) < 4.78 is 18.3. The van der Waals surface area contributed by atoms with E-state index < -0.39 is 0 Å². The third kappa shape index (κ3) is 3.24. The van der Waals surface area contributed by atoms with Gasteiger partial charge in [-0.2, -0.15) is 0 Å². The van der Waals surface area contributed by atoms with Gasteiger partial charge in [0.2, 0.25) is 0 Å². The molecule has 1 unspecified atom stereocenters. The van der Waals surface area contributed by atoms with Crippen LogP contribution in [0.5, 0.6) is 5.75 Å². The normalized spacial score (nSPS) is 18.9. The van der Waals surface area contributed by atoms with Gasteiger partial charge in [0.15, 0.2) is 0 Å². The third-order valence-electron chi connectivity index (χ3n) is 4.16. The lowest BCUT2D eigenvalue weighted by atomic mass is 10.0. The summed E-state index contributed by atoms with van der Waals surface area (Å²) in [5, 5.41) is 0. The minimum Gasteiger partial charge on any atom is -0.497 e. The molecule has 1 saturated heterocycles. The topological polar surface area (TPSA) is 12.5 Å². The maximum Gasteiger partial charge on any atom is 0.123 e. The molecule has 3 rings (SSSR count). The predicted octanol–water partition coefficient (Wildman–Crippen LogP) is 4.17. The molecule has 2 aromatic rings. The first-order valence-corrected chi connectivity index (χ1v) is 7.39. The zero-order valence-electron chi connectivity index (χ0n) is 12.3. The van der Waals surface area contributed by atoms with Gasteiger partial charge in [-0.3, -0.25) is 4.90 Å². The highest BCUT2D eigenvalue weighted by Gasteiger charge is 2.25. The summed E-state index contributed by atoms with van der Waals surface area (Å²) in [6, 6.07) is 15.5. The van der Waals surface area contributed by atoms with Gasteiger partial charge in [-0.05, 0) is 54.8 Å². The lowest BCUT2D eigenvalue weighted by molar-refractivity contribution is 0.248. The van der Waals surface area contributed by atoms with E-state index >= 15 is 0 Å². The molecule has 2 aromatic carbocycles. The molecule has 1 heterocycles. The minimum atomic E-state index is -0.168. The zero-order valence-corrected chi connectivity index (χ0v) is 12.3. The quantitative estimate of drug-likeness (QED) is 0.836. The Morgan fingerprint density at radius 3 is 2.48 bits per heavy atom. The molecular weight excluding hydrogens is 265 g/mol. The second-order valence-electron chi connectivity index (χ2n) is 5.53. The number of benzene rings is 2. The summed E-state index contributed by atoms with van der Waals surface area (Å²) in [6.45, 7) is 2.01. The Hall–Kier alpha value is -1.87. The molecule has 0 amide bonds. The Balaban J connectivity index is 1.72. The summed E-state index contributed by atoms with van der Waals surface area (Å²) in [6.07, 6.45) is 2.33. The average molecular weight is 285 g/mol. The van der Waals surface area contributed by atoms with Gasteiger partial charge in [-0.25, -0.2) is 4.39 Å². The smallest absolute Gasteiger partial charge is 0.123 e. The van der Waals surface area contributed by atoms with E-state index in [1.807, 2.05) is 24.3 Å². The standard InChI is InChI=1S/C18H20FNO/c1-21-17-10-4-14(5-11-17)13-20-12-2-3-18(20)15-6-8-16(19)9-7-15/h4-11,18H,2-3,12-13H2,1H3. The van der Waals surface area contributed by atoms with Crippen molar-refractivity contribution in [2.45, 2.75) is 25.4 Å². The van der Waals surface area contributed by atoms with E-state index in [-0.39, 0.29) is 5.82 Å². The van der Waals surface area contributed by atoms with Crippen LogP contribution in [0.4, 0.5) is 4.39 Å². The largest absolute Gasteiger partial charge is 0.497 e. The maximum atomic E-state index is 13.1. The van der Waals surface area contributed by atoms with Gasteiger partial charge in [0.1, 0.15) is 11.6 Å². The van der Waals surface area contributed by atoms with Crippen molar-refractivity contribution < 1.29 is 9.13 Å². The summed E-state index contributed by atoms with van der Waals surface area (Å²) in [7, 11) is 1.68. The fourth-order valence-electron chi connectivity index (χ4n) is 3.04. The van der Waals surface area contributed by atoms with Crippen LogP contribution in [0.1, 0.15) is 30.0 Å². The number of methoxy groups -OCH3 is 1. The van der Waals surface area contributed by atoms with Crippen LogP contribution in [-0.4, -0.2) is 18.6 Å². The molecule has 0 saturated carbocycles. The van der Waals surface area contributed by atoms with Crippen LogP contribution in [0, 0.1) is 5.82 Å². The summed E-state index contributed by atoms with van der Waals surface area (Å²) in [5.41, 5.74) is 2.49. The molecule has 1 aliphatic rings. The van der Waals surface area contributed by atoms with Crippen molar-refractivity contribution >= 4 is 0 Å². The van der Waals surface area contributed by atoms with Crippen LogP contribution in [0.15, 0.2) is 48.5 Å². The van der Waals surface area contributed by atoms with Gasteiger partial charge in [-0.15, -0.1) is 0 Å². The highest BCUT2D eigenvalue weighted by atomic mass is 19.1. The fourth-order valence-corrected chi connectivity index (χ4v) is 3.04. The molecule has 0 aliphatic carbocycles. The van der Waals surface area contributed by atoms with E-state index in [4.69, 9.17) is 4.74 Å². The summed E-state index contributed by atoms with van der Waals surface area (Å²) in [4.78, 5) is 2.47. The van der Waals surface area contributed by atoms with Crippen molar-refractivity contribution in [3.05, 3.63) is 65.5 Å². The van der Waals surface area contributed by atoms with Gasteiger partial charge in [0, 0.05) is 12.6 Å². The first-order chi connectivity index (χ1) is 10.3. The molecule has 0 spiro atoms. The van der Waals surface area contributed by atoms with Gasteiger partial charge < -0.3 is 4.74 Å². The van der Waals surface area contributed by atoms with E-state index in [1.165, 1.54) is 17.5 Å². The first kappa shape index (κ1) is 14.1. The van der Waals surface area contributed by atoms with E-state index in [0.29, 0.717) is 6.04 Å². The fraction of sp³-hybridized carbons (Fsp3) is 0.333. The highest BCUT2D eigenvalue weighted by molar-refractivity contribution is 5.28. The second kappa shape index (κ2) is 6.27. The molecule has 1 fully saturated rings. The van der Waals surface area contributed by atoms with E-state index in [0.717, 1.165) is 25.3 Å². The Kier molecular flexibility index (Phi) is 4.20. The Labute approximate surface area is 125 Å². The molecular formula is C18H20FNO. The number of nitrogens with zero attached hydrogens (tertiary/aromatic N) is 1. The minimum absolute atomic E-state index is 0.168. The molecule has 0 radical (unpaired) electrons. The third-order valence-corrected chi connectivity index (χ3v) is 4.16. The lowest BCUT2D eigenvalue weighted by Gasteiger charge is -2.25. The molecule has 0 bridgehead atoms. The van der Waals surface area contributed by atoms with Gasteiger partial charge in [0.25, 0.3) is 0 Å². The SMILES string of the molecule is COc1ccc(CN2CCCC2c2ccc(F)cc2)cc1. The zero-order chi connectivity index (χ0) is 14.7. The molecule has 0 N–H and O–H groups in total. The summed E-state index contributed by atoms with van der Waals surface area (Å²) >= 11 is 0. The van der Waals surface area contributed by atoms with Crippen molar-refractivity contribution in [1.82, 2.24) is 4.90 Å². The molecule has 1 atom stereocenters. The van der Waals surface area contributed by atoms with Gasteiger partial charge >= 0.3 is 0 Å². The molecule has 21 heavy (non-hydrogen) atoms. The van der Waals surface area contributed by atoms with E-state index in [1.54, 1.807) is 19.2 Å². The van der Waals surface area contributed by atoms with Crippen LogP contribution in [0.25, 0.3) is 0 Å². The number of hydrogen-bond acceptors (Lipinski definition) is 2. The van der Waals surface area contributed by atoms with Crippen molar-refractivity contribution in [2.75, 3.05) is 13.7 Å². The Bertz CT molecular complexity index is 579. The molecule has 1 aliphatic heterocycles. The van der Waals surface area contributed by atoms with Crippen LogP contribution >= 0.6 is 0 Å². The van der Waals surface area contributed by atoms with Crippen molar-refractivity contribution in [3.63, 3.8) is 0 Å².